The molecule has 12 nitrogen and oxygen atoms in total. The van der Waals surface area contributed by atoms with E-state index in [1.807, 2.05) is 39.0 Å². The zero-order chi connectivity index (χ0) is 46.3. The Bertz CT molecular complexity index is 1500. The second-order valence-corrected chi connectivity index (χ2v) is 28.1. The SMILES string of the molecule is CC[C@H](O[Si](CC)(CC)CC)[C@@H](C)[C@H]1O[C@@H]1C[C@](C)(/C=C/C=C(\C)[C@H]1OC(=O)C[C@H](O[Si](CC)(CC)CC)CC[C@@](C)(OC(C)=O)[C@@H](OC(=O)N2CCNCC2)/C=C/[C@@H]1C)OC. The van der Waals surface area contributed by atoms with E-state index in [2.05, 4.69) is 73.7 Å². The van der Waals surface area contributed by atoms with Gasteiger partial charge in [-0.3, -0.25) is 9.59 Å². The van der Waals surface area contributed by atoms with Gasteiger partial charge in [0.2, 0.25) is 0 Å². The number of epoxide rings is 1. The number of ether oxygens (including phenoxy) is 5. The van der Waals surface area contributed by atoms with E-state index in [0.717, 1.165) is 48.3 Å². The lowest BCUT2D eigenvalue weighted by molar-refractivity contribution is -0.168. The molecule has 0 unspecified atom stereocenters. The maximum atomic E-state index is 14.0. The lowest BCUT2D eigenvalue weighted by Gasteiger charge is -2.39. The number of hydrogen-bond donors (Lipinski definition) is 1. The Kier molecular flexibility index (Phi) is 21.6. The first kappa shape index (κ1) is 54.0. The molecule has 3 aliphatic heterocycles. The Balaban J connectivity index is 1.94. The summed E-state index contributed by atoms with van der Waals surface area (Å²) in [6, 6.07) is 6.12. The fourth-order valence-electron chi connectivity index (χ4n) is 9.34. The predicted molar refractivity (Wildman–Crippen MR) is 252 cm³/mol. The minimum Gasteiger partial charge on any atom is -0.457 e. The summed E-state index contributed by atoms with van der Waals surface area (Å²) in [6.07, 6.45) is 10.0. The van der Waals surface area contributed by atoms with Gasteiger partial charge in [0.15, 0.2) is 22.7 Å². The van der Waals surface area contributed by atoms with Gasteiger partial charge in [-0.1, -0.05) is 86.6 Å². The molecule has 0 radical (unpaired) electrons. The van der Waals surface area contributed by atoms with E-state index in [9.17, 15) is 14.4 Å². The predicted octanol–water partition coefficient (Wildman–Crippen LogP) is 9.90. The fraction of sp³-hybridized carbons (Fsp3) is 0.812. The van der Waals surface area contributed by atoms with Crippen molar-refractivity contribution in [3.05, 3.63) is 36.0 Å². The largest absolute Gasteiger partial charge is 0.457 e. The third kappa shape index (κ3) is 15.1. The molecule has 3 heterocycles. The third-order valence-corrected chi connectivity index (χ3v) is 23.8. The zero-order valence-electron chi connectivity index (χ0n) is 41.1. The highest BCUT2D eigenvalue weighted by atomic mass is 28.4. The van der Waals surface area contributed by atoms with Crippen LogP contribution in [-0.2, 0) is 42.1 Å². The van der Waals surface area contributed by atoms with Crippen LogP contribution in [0.25, 0.3) is 0 Å². The maximum absolute atomic E-state index is 14.0. The normalized spacial score (nSPS) is 29.4. The van der Waals surface area contributed by atoms with E-state index in [4.69, 9.17) is 32.5 Å². The van der Waals surface area contributed by atoms with Crippen molar-refractivity contribution in [1.82, 2.24) is 10.2 Å². The smallest absolute Gasteiger partial charge is 0.410 e. The summed E-state index contributed by atoms with van der Waals surface area (Å²) in [4.78, 5) is 42.0. The van der Waals surface area contributed by atoms with Crippen molar-refractivity contribution in [2.75, 3.05) is 33.3 Å². The van der Waals surface area contributed by atoms with Gasteiger partial charge in [-0.25, -0.2) is 4.79 Å². The second-order valence-electron chi connectivity index (χ2n) is 18.6. The van der Waals surface area contributed by atoms with Crippen molar-refractivity contribution in [2.45, 2.75) is 206 Å². The molecule has 62 heavy (non-hydrogen) atoms. The number of hydrogen-bond acceptors (Lipinski definition) is 11. The minimum absolute atomic E-state index is 0.0529. The Labute approximate surface area is 377 Å². The molecule has 0 bridgehead atoms. The molecule has 0 aromatic heterocycles. The number of carbonyl (C=O) groups is 3. The first-order valence-corrected chi connectivity index (χ1v) is 29.1. The highest BCUT2D eigenvalue weighted by Crippen LogP contribution is 2.41. The van der Waals surface area contributed by atoms with Gasteiger partial charge in [0, 0.05) is 64.6 Å². The first-order chi connectivity index (χ1) is 29.3. The van der Waals surface area contributed by atoms with Crippen molar-refractivity contribution in [2.24, 2.45) is 11.8 Å². The number of allylic oxidation sites excluding steroid dienone is 2. The van der Waals surface area contributed by atoms with Crippen molar-refractivity contribution < 1.29 is 46.9 Å². The van der Waals surface area contributed by atoms with Crippen molar-refractivity contribution >= 4 is 34.7 Å². The molecule has 10 atom stereocenters. The number of amides is 1. The molecular formula is C48H86N2O10Si2. The summed E-state index contributed by atoms with van der Waals surface area (Å²) in [5.74, 6) is -0.878. The second kappa shape index (κ2) is 24.8. The molecule has 0 aliphatic carbocycles. The summed E-state index contributed by atoms with van der Waals surface area (Å²) in [7, 11) is -2.20. The summed E-state index contributed by atoms with van der Waals surface area (Å²) in [5, 5.41) is 3.27. The van der Waals surface area contributed by atoms with E-state index < -0.39 is 58.2 Å². The van der Waals surface area contributed by atoms with E-state index in [1.165, 1.54) is 6.92 Å². The van der Waals surface area contributed by atoms with Crippen LogP contribution in [0.15, 0.2) is 36.0 Å². The third-order valence-electron chi connectivity index (χ3n) is 14.4. The number of esters is 2. The van der Waals surface area contributed by atoms with Gasteiger partial charge in [-0.15, -0.1) is 0 Å². The van der Waals surface area contributed by atoms with Crippen LogP contribution in [0.4, 0.5) is 4.79 Å². The van der Waals surface area contributed by atoms with Gasteiger partial charge in [-0.2, -0.15) is 0 Å². The van der Waals surface area contributed by atoms with Gasteiger partial charge in [0.05, 0.1) is 30.3 Å². The lowest BCUT2D eigenvalue weighted by atomic mass is 9.88. The summed E-state index contributed by atoms with van der Waals surface area (Å²) in [5.41, 5.74) is -0.981. The monoisotopic (exact) mass is 907 g/mol. The van der Waals surface area contributed by atoms with E-state index in [0.29, 0.717) is 45.4 Å². The molecule has 3 rings (SSSR count). The van der Waals surface area contributed by atoms with Gasteiger partial charge >= 0.3 is 18.0 Å². The number of nitrogens with one attached hydrogen (secondary N) is 1. The number of piperazine rings is 1. The molecule has 0 saturated carbocycles. The van der Waals surface area contributed by atoms with Crippen LogP contribution in [0.5, 0.6) is 0 Å². The van der Waals surface area contributed by atoms with Crippen molar-refractivity contribution in [3.63, 3.8) is 0 Å². The van der Waals surface area contributed by atoms with Gasteiger partial charge in [-0.05, 0) is 87.9 Å². The van der Waals surface area contributed by atoms with Crippen molar-refractivity contribution in [1.29, 1.82) is 0 Å². The molecule has 0 aromatic carbocycles. The van der Waals surface area contributed by atoms with Crippen LogP contribution in [-0.4, -0.2) is 121 Å². The standard InChI is InChI=1S/C48H86N2O10Si2/c1-15-40(60-62(19-5,20-6)21-7)37(10)45-41(55-45)34-47(12,54-14)27-22-23-35(8)44-36(9)24-25-42(56-46(53)50-31-29-49-30-32-50)48(13,58-38(11)51)28-26-39(33-43(52)57-44)59-61(16-2,17-3)18-4/h22-25,27,36-37,39-42,44-45,49H,15-21,26,28-34H2,1-14H3/b25-24+,27-22+,35-23+/t36-,37+,39+,40-,41+,42-,44+,45+,47-,48+/m0/s1. The Morgan fingerprint density at radius 3 is 2.16 bits per heavy atom. The van der Waals surface area contributed by atoms with Crippen LogP contribution in [0, 0.1) is 11.8 Å². The number of methoxy groups -OCH3 is 1. The van der Waals surface area contributed by atoms with Gasteiger partial charge in [0.25, 0.3) is 0 Å². The topological polar surface area (TPSA) is 134 Å². The highest BCUT2D eigenvalue weighted by Gasteiger charge is 2.49. The molecule has 0 aromatic rings. The van der Waals surface area contributed by atoms with Crippen LogP contribution in [0.1, 0.15) is 122 Å². The van der Waals surface area contributed by atoms with Crippen LogP contribution >= 0.6 is 0 Å². The van der Waals surface area contributed by atoms with Gasteiger partial charge in [0.1, 0.15) is 11.7 Å². The molecule has 0 spiro atoms. The average molecular weight is 907 g/mol. The number of rotatable bonds is 21. The Morgan fingerprint density at radius 1 is 1.00 bits per heavy atom. The summed E-state index contributed by atoms with van der Waals surface area (Å²) >= 11 is 0. The van der Waals surface area contributed by atoms with E-state index in [-0.39, 0.29) is 42.5 Å². The average Bonchev–Trinajstić information content (AvgIpc) is 4.03. The Morgan fingerprint density at radius 2 is 1.61 bits per heavy atom. The zero-order valence-corrected chi connectivity index (χ0v) is 43.1. The minimum atomic E-state index is -2.17. The molecule has 14 heteroatoms. The van der Waals surface area contributed by atoms with E-state index >= 15 is 0 Å². The molecule has 2 saturated heterocycles. The summed E-state index contributed by atoms with van der Waals surface area (Å²) < 4.78 is 45.0. The molecular weight excluding hydrogens is 821 g/mol. The highest BCUT2D eigenvalue weighted by molar-refractivity contribution is 6.74. The summed E-state index contributed by atoms with van der Waals surface area (Å²) in [6.45, 7) is 29.4. The van der Waals surface area contributed by atoms with E-state index in [1.54, 1.807) is 18.1 Å². The Hall–Kier alpha value is -2.34. The fourth-order valence-corrected chi connectivity index (χ4v) is 15.3. The molecule has 1 amide bonds. The maximum Gasteiger partial charge on any atom is 0.410 e. The molecule has 356 valence electrons. The van der Waals surface area contributed by atoms with Crippen LogP contribution in [0.3, 0.4) is 0 Å². The molecule has 1 N–H and O–H groups in total. The van der Waals surface area contributed by atoms with Crippen LogP contribution < -0.4 is 5.32 Å². The molecule has 3 aliphatic rings. The van der Waals surface area contributed by atoms with Crippen LogP contribution in [0.2, 0.25) is 36.3 Å². The lowest BCUT2D eigenvalue weighted by Crippen LogP contribution is -2.51. The van der Waals surface area contributed by atoms with Gasteiger partial charge < -0.3 is 42.8 Å². The number of carbonyl (C=O) groups excluding carboxylic acids is 3. The van der Waals surface area contributed by atoms with Crippen molar-refractivity contribution in [3.8, 4) is 0 Å². The number of cyclic esters (lactones) is 1. The molecule has 2 fully saturated rings. The number of nitrogens with zero attached hydrogens (tertiary/aromatic N) is 1. The first-order valence-electron chi connectivity index (χ1n) is 24.0. The quantitative estimate of drug-likeness (QED) is 0.0295.